The van der Waals surface area contributed by atoms with Gasteiger partial charge in [0.2, 0.25) is 0 Å². The maximum atomic E-state index is 12.5. The third kappa shape index (κ3) is 3.49. The first-order valence-corrected chi connectivity index (χ1v) is 10.2. The zero-order valence-electron chi connectivity index (χ0n) is 16.3. The number of benzene rings is 1. The van der Waals surface area contributed by atoms with Gasteiger partial charge in [0.05, 0.1) is 37.4 Å². The van der Waals surface area contributed by atoms with Gasteiger partial charge in [-0.05, 0) is 49.9 Å². The second-order valence-electron chi connectivity index (χ2n) is 8.38. The lowest BCUT2D eigenvalue weighted by atomic mass is 9.82. The minimum Gasteiger partial charge on any atom is -0.462 e. The molecule has 3 aliphatic heterocycles. The van der Waals surface area contributed by atoms with Gasteiger partial charge in [0.1, 0.15) is 6.61 Å². The van der Waals surface area contributed by atoms with E-state index in [0.29, 0.717) is 29.8 Å². The molecule has 1 aromatic carbocycles. The summed E-state index contributed by atoms with van der Waals surface area (Å²) in [7, 11) is 2.35. The van der Waals surface area contributed by atoms with Crippen LogP contribution >= 0.6 is 0 Å². The van der Waals surface area contributed by atoms with Crippen LogP contribution in [0.4, 0.5) is 5.69 Å². The predicted octanol–water partition coefficient (Wildman–Crippen LogP) is 2.68. The number of imide groups is 1. The molecular formula is C22H27N2O4+. The molecule has 6 heteroatoms. The van der Waals surface area contributed by atoms with Crippen molar-refractivity contribution in [1.29, 1.82) is 0 Å². The van der Waals surface area contributed by atoms with Crippen LogP contribution in [0.2, 0.25) is 0 Å². The van der Waals surface area contributed by atoms with Crippen molar-refractivity contribution in [1.82, 2.24) is 0 Å². The largest absolute Gasteiger partial charge is 0.462 e. The van der Waals surface area contributed by atoms with E-state index in [1.54, 1.807) is 24.3 Å². The Bertz CT molecular complexity index is 794. The van der Waals surface area contributed by atoms with E-state index in [1.165, 1.54) is 50.9 Å². The first-order chi connectivity index (χ1) is 13.5. The number of anilines is 1. The number of nitrogens with zero attached hydrogens (tertiary/aromatic N) is 2. The average Bonchev–Trinajstić information content (AvgIpc) is 3.03. The number of piperidine rings is 2. The molecule has 3 atom stereocenters. The number of hydrogen-bond acceptors (Lipinski definition) is 4. The molecule has 0 N–H and O–H groups in total. The number of amides is 2. The number of rotatable bonds is 4. The summed E-state index contributed by atoms with van der Waals surface area (Å²) in [4.78, 5) is 37.1. The van der Waals surface area contributed by atoms with Crippen LogP contribution in [0, 0.1) is 5.92 Å². The summed E-state index contributed by atoms with van der Waals surface area (Å²) in [5.41, 5.74) is 0.895. The summed E-state index contributed by atoms with van der Waals surface area (Å²) in [6.45, 7) is 2.94. The van der Waals surface area contributed by atoms with E-state index < -0.39 is 0 Å². The lowest BCUT2D eigenvalue weighted by Gasteiger charge is -2.51. The smallest absolute Gasteiger partial charge is 0.338 e. The standard InChI is InChI=1S/C22H27N2O4/c1-24-13-3-2-6-19(24)17(5-4-14-24)15-28-22(27)16-7-9-18(10-8-16)23-20(25)11-12-21(23)26/h7-12,17,19H,2-6,13-15H2,1H3/q+1/t17-,19+,24-/m1/s1. The highest BCUT2D eigenvalue weighted by Gasteiger charge is 2.43. The average molecular weight is 383 g/mol. The molecule has 2 saturated heterocycles. The molecule has 3 aliphatic rings. The van der Waals surface area contributed by atoms with Gasteiger partial charge in [-0.2, -0.15) is 0 Å². The Hall–Kier alpha value is -2.47. The fourth-order valence-electron chi connectivity index (χ4n) is 5.10. The summed E-state index contributed by atoms with van der Waals surface area (Å²) in [5, 5.41) is 0. The van der Waals surface area contributed by atoms with Gasteiger partial charge in [-0.15, -0.1) is 0 Å². The molecule has 0 unspecified atom stereocenters. The molecule has 2 amide bonds. The highest BCUT2D eigenvalue weighted by Crippen LogP contribution is 2.36. The van der Waals surface area contributed by atoms with Crippen LogP contribution in [0.25, 0.3) is 0 Å². The van der Waals surface area contributed by atoms with Crippen LogP contribution in [0.5, 0.6) is 0 Å². The van der Waals surface area contributed by atoms with Crippen molar-refractivity contribution in [2.45, 2.75) is 38.1 Å². The molecular weight excluding hydrogens is 356 g/mol. The fraction of sp³-hybridized carbons (Fsp3) is 0.500. The fourth-order valence-corrected chi connectivity index (χ4v) is 5.10. The number of carbonyl (C=O) groups is 3. The molecule has 28 heavy (non-hydrogen) atoms. The Balaban J connectivity index is 1.37. The van der Waals surface area contributed by atoms with Crippen molar-refractivity contribution >= 4 is 23.5 Å². The molecule has 6 nitrogen and oxygen atoms in total. The van der Waals surface area contributed by atoms with Gasteiger partial charge in [-0.25, -0.2) is 9.69 Å². The molecule has 0 radical (unpaired) electrons. The van der Waals surface area contributed by atoms with Crippen molar-refractivity contribution < 1.29 is 23.6 Å². The first-order valence-electron chi connectivity index (χ1n) is 10.2. The zero-order chi connectivity index (χ0) is 19.7. The van der Waals surface area contributed by atoms with E-state index in [9.17, 15) is 14.4 Å². The van der Waals surface area contributed by atoms with E-state index in [2.05, 4.69) is 7.05 Å². The Morgan fingerprint density at radius 2 is 1.71 bits per heavy atom. The Labute approximate surface area is 165 Å². The highest BCUT2D eigenvalue weighted by molar-refractivity contribution is 6.28. The minimum atomic E-state index is -0.369. The van der Waals surface area contributed by atoms with E-state index in [0.717, 1.165) is 15.8 Å². The molecule has 1 aromatic rings. The molecule has 0 bridgehead atoms. The summed E-state index contributed by atoms with van der Waals surface area (Å²) in [6, 6.07) is 7.03. The third-order valence-electron chi connectivity index (χ3n) is 6.61. The molecule has 0 saturated carbocycles. The number of ether oxygens (including phenoxy) is 1. The van der Waals surface area contributed by atoms with Gasteiger partial charge in [0, 0.05) is 24.5 Å². The summed E-state index contributed by atoms with van der Waals surface area (Å²) >= 11 is 0. The topological polar surface area (TPSA) is 63.7 Å². The normalized spacial score (nSPS) is 29.7. The molecule has 0 spiro atoms. The SMILES string of the molecule is C[N@+]12CCCC[C@H]1[C@@H](COC(=O)c1ccc(N3C(=O)C=CC3=O)cc1)CCC2. The number of quaternary nitrogens is 1. The second kappa shape index (κ2) is 7.51. The summed E-state index contributed by atoms with van der Waals surface area (Å²) < 4.78 is 6.79. The van der Waals surface area contributed by atoms with E-state index in [4.69, 9.17) is 4.74 Å². The molecule has 148 valence electrons. The summed E-state index contributed by atoms with van der Waals surface area (Å²) in [5.74, 6) is -0.662. The number of fused-ring (bicyclic) bond motifs is 1. The molecule has 3 heterocycles. The zero-order valence-corrected chi connectivity index (χ0v) is 16.3. The predicted molar refractivity (Wildman–Crippen MR) is 105 cm³/mol. The van der Waals surface area contributed by atoms with Gasteiger partial charge in [-0.3, -0.25) is 9.59 Å². The first kappa shape index (κ1) is 18.9. The third-order valence-corrected chi connectivity index (χ3v) is 6.61. The molecule has 0 aliphatic carbocycles. The maximum Gasteiger partial charge on any atom is 0.338 e. The van der Waals surface area contributed by atoms with E-state index >= 15 is 0 Å². The summed E-state index contributed by atoms with van der Waals surface area (Å²) in [6.07, 6.45) is 8.58. The van der Waals surface area contributed by atoms with Crippen LogP contribution in [-0.4, -0.2) is 55.1 Å². The number of hydrogen-bond donors (Lipinski definition) is 0. The van der Waals surface area contributed by atoms with Crippen molar-refractivity contribution in [3.63, 3.8) is 0 Å². The van der Waals surface area contributed by atoms with E-state index in [1.807, 2.05) is 0 Å². The van der Waals surface area contributed by atoms with Crippen molar-refractivity contribution in [2.75, 3.05) is 31.6 Å². The van der Waals surface area contributed by atoms with Crippen LogP contribution in [-0.2, 0) is 14.3 Å². The van der Waals surface area contributed by atoms with E-state index in [-0.39, 0.29) is 17.8 Å². The van der Waals surface area contributed by atoms with Gasteiger partial charge in [0.25, 0.3) is 11.8 Å². The number of esters is 1. The Morgan fingerprint density at radius 1 is 1.04 bits per heavy atom. The van der Waals surface area contributed by atoms with Gasteiger partial charge < -0.3 is 9.22 Å². The molecule has 0 aromatic heterocycles. The molecule has 4 rings (SSSR count). The maximum absolute atomic E-state index is 12.5. The highest BCUT2D eigenvalue weighted by atomic mass is 16.5. The van der Waals surface area contributed by atoms with Crippen molar-refractivity contribution in [3.05, 3.63) is 42.0 Å². The minimum absolute atomic E-state index is 0.348. The monoisotopic (exact) mass is 383 g/mol. The quantitative estimate of drug-likeness (QED) is 0.456. The second-order valence-corrected chi connectivity index (χ2v) is 8.38. The van der Waals surface area contributed by atoms with Crippen molar-refractivity contribution in [2.24, 2.45) is 5.92 Å². The number of carbonyl (C=O) groups excluding carboxylic acids is 3. The van der Waals surface area contributed by atoms with Crippen LogP contribution < -0.4 is 4.90 Å². The lowest BCUT2D eigenvalue weighted by molar-refractivity contribution is -0.947. The molecule has 2 fully saturated rings. The lowest BCUT2D eigenvalue weighted by Crippen LogP contribution is -2.61. The van der Waals surface area contributed by atoms with Crippen LogP contribution in [0.3, 0.4) is 0 Å². The van der Waals surface area contributed by atoms with Gasteiger partial charge in [-0.1, -0.05) is 0 Å². The van der Waals surface area contributed by atoms with Gasteiger partial charge >= 0.3 is 5.97 Å². The van der Waals surface area contributed by atoms with Crippen LogP contribution in [0.1, 0.15) is 42.5 Å². The van der Waals surface area contributed by atoms with Crippen LogP contribution in [0.15, 0.2) is 36.4 Å². The van der Waals surface area contributed by atoms with Crippen molar-refractivity contribution in [3.8, 4) is 0 Å². The Kier molecular flexibility index (Phi) is 5.06. The van der Waals surface area contributed by atoms with Gasteiger partial charge in [0.15, 0.2) is 0 Å². The Morgan fingerprint density at radius 3 is 2.43 bits per heavy atom.